The second-order valence-corrected chi connectivity index (χ2v) is 5.90. The highest BCUT2D eigenvalue weighted by Crippen LogP contribution is 2.26. The number of aryl methyl sites for hydroxylation is 1. The van der Waals surface area contributed by atoms with Gasteiger partial charge in [0.05, 0.1) is 6.20 Å². The third kappa shape index (κ3) is 5.95. The van der Waals surface area contributed by atoms with Crippen molar-refractivity contribution >= 4 is 35.8 Å². The largest absolute Gasteiger partial charge is 0.357 e. The first-order valence-corrected chi connectivity index (χ1v) is 8.42. The van der Waals surface area contributed by atoms with Gasteiger partial charge in [0.2, 0.25) is 5.91 Å². The van der Waals surface area contributed by atoms with E-state index < -0.39 is 0 Å². The minimum atomic E-state index is -0.0229. The van der Waals surface area contributed by atoms with E-state index in [1.54, 1.807) is 0 Å². The molecule has 1 aromatic rings. The molecule has 1 aromatic heterocycles. The Bertz CT molecular complexity index is 544. The Kier molecular flexibility index (Phi) is 9.09. The Balaban J connectivity index is 0.00000288. The van der Waals surface area contributed by atoms with E-state index >= 15 is 0 Å². The monoisotopic (exact) mass is 448 g/mol. The van der Waals surface area contributed by atoms with E-state index in [1.165, 1.54) is 5.56 Å². The number of rotatable bonds is 6. The number of carbonyl (C=O) groups excluding carboxylic acids is 1. The van der Waals surface area contributed by atoms with Crippen molar-refractivity contribution in [2.45, 2.75) is 32.6 Å². The summed E-state index contributed by atoms with van der Waals surface area (Å²) < 4.78 is 1.84. The van der Waals surface area contributed by atoms with Crippen molar-refractivity contribution in [1.82, 2.24) is 25.3 Å². The number of guanidine groups is 1. The molecule has 0 aliphatic carbocycles. The zero-order chi connectivity index (χ0) is 16.7. The lowest BCUT2D eigenvalue weighted by Gasteiger charge is -2.21. The molecular weight excluding hydrogens is 419 g/mol. The fraction of sp³-hybridized carbons (Fsp3) is 0.688. The van der Waals surface area contributed by atoms with E-state index in [4.69, 9.17) is 0 Å². The number of nitrogens with one attached hydrogen (secondary N) is 2. The van der Waals surface area contributed by atoms with Crippen LogP contribution in [-0.2, 0) is 11.8 Å². The summed E-state index contributed by atoms with van der Waals surface area (Å²) in [7, 11) is 1.94. The summed E-state index contributed by atoms with van der Waals surface area (Å²) in [5, 5.41) is 10.4. The van der Waals surface area contributed by atoms with Gasteiger partial charge >= 0.3 is 0 Å². The molecule has 24 heavy (non-hydrogen) atoms. The van der Waals surface area contributed by atoms with Crippen LogP contribution < -0.4 is 10.6 Å². The average Bonchev–Trinajstić information content (AvgIpc) is 3.18. The molecular formula is C16H29IN6O. The maximum atomic E-state index is 11.7. The minimum absolute atomic E-state index is 0. The SMILES string of the molecule is CCCNC(=O)CN=C(NCC)N1CCC(c2cnn(C)c2)C1.I. The number of aliphatic imine (C=N–C) groups is 1. The molecule has 1 amide bonds. The van der Waals surface area contributed by atoms with Crippen LogP contribution in [0.5, 0.6) is 0 Å². The van der Waals surface area contributed by atoms with Crippen molar-refractivity contribution in [3.05, 3.63) is 18.0 Å². The first kappa shape index (κ1) is 20.7. The Labute approximate surface area is 161 Å². The fourth-order valence-electron chi connectivity index (χ4n) is 2.77. The van der Waals surface area contributed by atoms with Crippen LogP contribution in [0.3, 0.4) is 0 Å². The van der Waals surface area contributed by atoms with Gasteiger partial charge in [-0.15, -0.1) is 24.0 Å². The molecule has 1 aliphatic heterocycles. The van der Waals surface area contributed by atoms with Crippen LogP contribution in [0.2, 0.25) is 0 Å². The molecule has 0 spiro atoms. The highest BCUT2D eigenvalue weighted by Gasteiger charge is 2.26. The first-order chi connectivity index (χ1) is 11.1. The fourth-order valence-corrected chi connectivity index (χ4v) is 2.77. The molecule has 2 N–H and O–H groups in total. The Morgan fingerprint density at radius 2 is 2.21 bits per heavy atom. The van der Waals surface area contributed by atoms with Gasteiger partial charge in [0.25, 0.3) is 0 Å². The summed E-state index contributed by atoms with van der Waals surface area (Å²) in [6, 6.07) is 0. The van der Waals surface area contributed by atoms with Crippen molar-refractivity contribution in [3.8, 4) is 0 Å². The van der Waals surface area contributed by atoms with Gasteiger partial charge in [0.1, 0.15) is 6.54 Å². The van der Waals surface area contributed by atoms with E-state index in [-0.39, 0.29) is 36.4 Å². The molecule has 0 radical (unpaired) electrons. The molecule has 7 nitrogen and oxygen atoms in total. The van der Waals surface area contributed by atoms with E-state index in [1.807, 2.05) is 31.8 Å². The molecule has 1 atom stereocenters. The van der Waals surface area contributed by atoms with Gasteiger partial charge < -0.3 is 15.5 Å². The second-order valence-electron chi connectivity index (χ2n) is 5.90. The van der Waals surface area contributed by atoms with E-state index in [0.717, 1.165) is 38.4 Å². The van der Waals surface area contributed by atoms with Gasteiger partial charge in [-0.2, -0.15) is 5.10 Å². The van der Waals surface area contributed by atoms with Gasteiger partial charge in [-0.3, -0.25) is 9.48 Å². The highest BCUT2D eigenvalue weighted by molar-refractivity contribution is 14.0. The van der Waals surface area contributed by atoms with Crippen molar-refractivity contribution in [3.63, 3.8) is 0 Å². The number of carbonyl (C=O) groups is 1. The summed E-state index contributed by atoms with van der Waals surface area (Å²) >= 11 is 0. The third-order valence-corrected chi connectivity index (χ3v) is 3.96. The molecule has 8 heteroatoms. The number of hydrogen-bond acceptors (Lipinski definition) is 3. The van der Waals surface area contributed by atoms with E-state index in [0.29, 0.717) is 12.5 Å². The van der Waals surface area contributed by atoms with Crippen LogP contribution in [0.1, 0.15) is 38.2 Å². The first-order valence-electron chi connectivity index (χ1n) is 8.42. The highest BCUT2D eigenvalue weighted by atomic mass is 127. The summed E-state index contributed by atoms with van der Waals surface area (Å²) in [6.07, 6.45) is 6.04. The topological polar surface area (TPSA) is 74.6 Å². The minimum Gasteiger partial charge on any atom is -0.357 e. The smallest absolute Gasteiger partial charge is 0.241 e. The molecule has 0 saturated carbocycles. The number of likely N-dealkylation sites (tertiary alicyclic amines) is 1. The Morgan fingerprint density at radius 3 is 2.83 bits per heavy atom. The van der Waals surface area contributed by atoms with Crippen LogP contribution in [0.25, 0.3) is 0 Å². The second kappa shape index (κ2) is 10.5. The number of nitrogens with zero attached hydrogens (tertiary/aromatic N) is 4. The molecule has 0 bridgehead atoms. The number of hydrogen-bond donors (Lipinski definition) is 2. The summed E-state index contributed by atoms with van der Waals surface area (Å²) in [6.45, 7) is 7.62. The molecule has 1 fully saturated rings. The van der Waals surface area contributed by atoms with Gasteiger partial charge in [0, 0.05) is 45.3 Å². The van der Waals surface area contributed by atoms with Crippen LogP contribution in [0.4, 0.5) is 0 Å². The zero-order valence-corrected chi connectivity index (χ0v) is 17.1. The molecule has 1 unspecified atom stereocenters. The number of halogens is 1. The molecule has 136 valence electrons. The molecule has 0 aromatic carbocycles. The van der Waals surface area contributed by atoms with Crippen molar-refractivity contribution in [2.75, 3.05) is 32.7 Å². The van der Waals surface area contributed by atoms with E-state index in [9.17, 15) is 4.79 Å². The molecule has 2 rings (SSSR count). The summed E-state index contributed by atoms with van der Waals surface area (Å²) in [5.41, 5.74) is 1.27. The standard InChI is InChI=1S/C16H28N6O.HI/c1-4-7-18-15(23)10-19-16(17-5-2)22-8-6-13(12-22)14-9-20-21(3)11-14;/h9,11,13H,4-8,10,12H2,1-3H3,(H,17,19)(H,18,23);1H. The quantitative estimate of drug-likeness (QED) is 0.391. The van der Waals surface area contributed by atoms with Crippen molar-refractivity contribution in [1.29, 1.82) is 0 Å². The van der Waals surface area contributed by atoms with Crippen molar-refractivity contribution < 1.29 is 4.79 Å². The van der Waals surface area contributed by atoms with Crippen LogP contribution >= 0.6 is 24.0 Å². The lowest BCUT2D eigenvalue weighted by molar-refractivity contribution is -0.119. The average molecular weight is 448 g/mol. The van der Waals surface area contributed by atoms with Gasteiger partial charge in [-0.05, 0) is 25.3 Å². The molecule has 1 saturated heterocycles. The maximum Gasteiger partial charge on any atom is 0.241 e. The van der Waals surface area contributed by atoms with Gasteiger partial charge in [-0.1, -0.05) is 6.92 Å². The predicted octanol–water partition coefficient (Wildman–Crippen LogP) is 1.32. The van der Waals surface area contributed by atoms with Crippen LogP contribution in [-0.4, -0.2) is 59.3 Å². The summed E-state index contributed by atoms with van der Waals surface area (Å²) in [5.74, 6) is 1.28. The lowest BCUT2D eigenvalue weighted by atomic mass is 10.0. The van der Waals surface area contributed by atoms with Crippen LogP contribution in [0.15, 0.2) is 17.4 Å². The Hall–Kier alpha value is -1.32. The Morgan fingerprint density at radius 1 is 1.42 bits per heavy atom. The molecule has 1 aliphatic rings. The van der Waals surface area contributed by atoms with E-state index in [2.05, 4.69) is 31.8 Å². The summed E-state index contributed by atoms with van der Waals surface area (Å²) in [4.78, 5) is 18.4. The van der Waals surface area contributed by atoms with Gasteiger partial charge in [0.15, 0.2) is 5.96 Å². The third-order valence-electron chi connectivity index (χ3n) is 3.96. The number of amides is 1. The zero-order valence-electron chi connectivity index (χ0n) is 14.8. The van der Waals surface area contributed by atoms with Crippen molar-refractivity contribution in [2.24, 2.45) is 12.0 Å². The lowest BCUT2D eigenvalue weighted by Crippen LogP contribution is -2.41. The van der Waals surface area contributed by atoms with Gasteiger partial charge in [-0.25, -0.2) is 4.99 Å². The maximum absolute atomic E-state index is 11.7. The normalized spacial score (nSPS) is 17.5. The predicted molar refractivity (Wildman–Crippen MR) is 107 cm³/mol. The molecule has 2 heterocycles. The number of aromatic nitrogens is 2. The van der Waals surface area contributed by atoms with Crippen LogP contribution in [0, 0.1) is 0 Å².